The van der Waals surface area contributed by atoms with Gasteiger partial charge < -0.3 is 14.5 Å². The SMILES string of the molecule is Cn1cc(NC(=O)c2nccn2C)cc1C=O. The van der Waals surface area contributed by atoms with Gasteiger partial charge >= 0.3 is 0 Å². The van der Waals surface area contributed by atoms with E-state index in [4.69, 9.17) is 0 Å². The molecule has 0 aliphatic rings. The zero-order valence-corrected chi connectivity index (χ0v) is 9.54. The maximum Gasteiger partial charge on any atom is 0.291 e. The van der Waals surface area contributed by atoms with Crippen LogP contribution in [0.3, 0.4) is 0 Å². The van der Waals surface area contributed by atoms with Gasteiger partial charge in [0.25, 0.3) is 5.91 Å². The van der Waals surface area contributed by atoms with Crippen LogP contribution in [0, 0.1) is 0 Å². The highest BCUT2D eigenvalue weighted by Crippen LogP contribution is 2.12. The normalized spacial score (nSPS) is 10.2. The Kier molecular flexibility index (Phi) is 2.78. The van der Waals surface area contributed by atoms with Crippen molar-refractivity contribution in [3.63, 3.8) is 0 Å². The van der Waals surface area contributed by atoms with Crippen LogP contribution in [-0.4, -0.2) is 26.3 Å². The molecule has 88 valence electrons. The zero-order valence-electron chi connectivity index (χ0n) is 9.54. The second kappa shape index (κ2) is 4.25. The zero-order chi connectivity index (χ0) is 12.4. The monoisotopic (exact) mass is 232 g/mol. The highest BCUT2D eigenvalue weighted by Gasteiger charge is 2.12. The van der Waals surface area contributed by atoms with Crippen LogP contribution in [-0.2, 0) is 14.1 Å². The molecule has 6 heteroatoms. The number of anilines is 1. The van der Waals surface area contributed by atoms with E-state index in [2.05, 4.69) is 10.3 Å². The maximum absolute atomic E-state index is 11.8. The van der Waals surface area contributed by atoms with E-state index in [0.29, 0.717) is 17.2 Å². The first kappa shape index (κ1) is 11.1. The molecular weight excluding hydrogens is 220 g/mol. The lowest BCUT2D eigenvalue weighted by molar-refractivity contribution is 0.101. The van der Waals surface area contributed by atoms with Crippen molar-refractivity contribution < 1.29 is 9.59 Å². The van der Waals surface area contributed by atoms with E-state index in [1.165, 1.54) is 0 Å². The third-order valence-corrected chi connectivity index (χ3v) is 2.45. The van der Waals surface area contributed by atoms with Crippen molar-refractivity contribution in [3.8, 4) is 0 Å². The van der Waals surface area contributed by atoms with Gasteiger partial charge in [-0.1, -0.05) is 0 Å². The van der Waals surface area contributed by atoms with E-state index in [0.717, 1.165) is 6.29 Å². The van der Waals surface area contributed by atoms with Crippen molar-refractivity contribution >= 4 is 17.9 Å². The molecule has 0 aromatic carbocycles. The third-order valence-electron chi connectivity index (χ3n) is 2.45. The Bertz CT molecular complexity index is 568. The molecule has 0 radical (unpaired) electrons. The summed E-state index contributed by atoms with van der Waals surface area (Å²) in [5.74, 6) is 0.0158. The summed E-state index contributed by atoms with van der Waals surface area (Å²) in [4.78, 5) is 26.4. The molecule has 2 heterocycles. The number of hydrogen-bond donors (Lipinski definition) is 1. The number of imidazole rings is 1. The Morgan fingerprint density at radius 3 is 2.71 bits per heavy atom. The lowest BCUT2D eigenvalue weighted by Crippen LogP contribution is -2.16. The molecular formula is C11H12N4O2. The summed E-state index contributed by atoms with van der Waals surface area (Å²) in [5, 5.41) is 2.68. The predicted octanol–water partition coefficient (Wildman–Crippen LogP) is 0.823. The lowest BCUT2D eigenvalue weighted by atomic mass is 10.4. The van der Waals surface area contributed by atoms with E-state index in [-0.39, 0.29) is 5.91 Å². The van der Waals surface area contributed by atoms with Crippen molar-refractivity contribution in [2.75, 3.05) is 5.32 Å². The molecule has 2 aromatic rings. The maximum atomic E-state index is 11.8. The number of aromatic nitrogens is 3. The van der Waals surface area contributed by atoms with Crippen LogP contribution in [0.2, 0.25) is 0 Å². The van der Waals surface area contributed by atoms with Crippen LogP contribution in [0.1, 0.15) is 21.1 Å². The number of amides is 1. The van der Waals surface area contributed by atoms with Gasteiger partial charge in [-0.15, -0.1) is 0 Å². The van der Waals surface area contributed by atoms with Gasteiger partial charge in [0.1, 0.15) is 0 Å². The van der Waals surface area contributed by atoms with Crippen LogP contribution in [0.4, 0.5) is 5.69 Å². The average Bonchev–Trinajstić information content (AvgIpc) is 2.84. The number of rotatable bonds is 3. The van der Waals surface area contributed by atoms with Gasteiger partial charge in [-0.05, 0) is 6.07 Å². The summed E-state index contributed by atoms with van der Waals surface area (Å²) in [7, 11) is 3.48. The number of carbonyl (C=O) groups excluding carboxylic acids is 2. The number of aldehydes is 1. The summed E-state index contributed by atoms with van der Waals surface area (Å²) in [6.07, 6.45) is 5.65. The van der Waals surface area contributed by atoms with Crippen LogP contribution in [0.25, 0.3) is 0 Å². The lowest BCUT2D eigenvalue weighted by Gasteiger charge is -2.01. The van der Waals surface area contributed by atoms with Gasteiger partial charge in [0.15, 0.2) is 12.1 Å². The Labute approximate surface area is 97.9 Å². The first-order chi connectivity index (χ1) is 8.11. The van der Waals surface area contributed by atoms with Crippen LogP contribution in [0.5, 0.6) is 0 Å². The van der Waals surface area contributed by atoms with Crippen molar-refractivity contribution in [2.45, 2.75) is 0 Å². The van der Waals surface area contributed by atoms with E-state index < -0.39 is 0 Å². The molecule has 0 bridgehead atoms. The molecule has 17 heavy (non-hydrogen) atoms. The molecule has 0 aliphatic carbocycles. The van der Waals surface area contributed by atoms with Crippen molar-refractivity contribution in [2.24, 2.45) is 14.1 Å². The quantitative estimate of drug-likeness (QED) is 0.797. The van der Waals surface area contributed by atoms with Gasteiger partial charge in [-0.2, -0.15) is 0 Å². The van der Waals surface area contributed by atoms with Gasteiger partial charge in [-0.3, -0.25) is 9.59 Å². The largest absolute Gasteiger partial charge is 0.346 e. The van der Waals surface area contributed by atoms with Gasteiger partial charge in [0.05, 0.1) is 11.4 Å². The second-order valence-corrected chi connectivity index (χ2v) is 3.70. The molecule has 1 N–H and O–H groups in total. The van der Waals surface area contributed by atoms with E-state index >= 15 is 0 Å². The smallest absolute Gasteiger partial charge is 0.291 e. The van der Waals surface area contributed by atoms with Crippen LogP contribution >= 0.6 is 0 Å². The van der Waals surface area contributed by atoms with Crippen LogP contribution in [0.15, 0.2) is 24.7 Å². The minimum Gasteiger partial charge on any atom is -0.346 e. The highest BCUT2D eigenvalue weighted by atomic mass is 16.2. The van der Waals surface area contributed by atoms with Gasteiger partial charge in [0, 0.05) is 32.7 Å². The summed E-state index contributed by atoms with van der Waals surface area (Å²) < 4.78 is 3.26. The molecule has 2 aromatic heterocycles. The minimum absolute atomic E-state index is 0.305. The molecule has 0 atom stereocenters. The first-order valence-electron chi connectivity index (χ1n) is 5.02. The Hall–Kier alpha value is -2.37. The van der Waals surface area contributed by atoms with E-state index in [1.54, 1.807) is 47.9 Å². The fourth-order valence-corrected chi connectivity index (χ4v) is 1.54. The van der Waals surface area contributed by atoms with Gasteiger partial charge in [-0.25, -0.2) is 4.98 Å². The van der Waals surface area contributed by atoms with Crippen molar-refractivity contribution in [1.82, 2.24) is 14.1 Å². The average molecular weight is 232 g/mol. The van der Waals surface area contributed by atoms with Gasteiger partial charge in [0.2, 0.25) is 0 Å². The summed E-state index contributed by atoms with van der Waals surface area (Å²) in [6.45, 7) is 0. The molecule has 1 amide bonds. The molecule has 0 saturated heterocycles. The fraction of sp³-hybridized carbons (Fsp3) is 0.182. The number of carbonyl (C=O) groups is 2. The molecule has 0 spiro atoms. The number of hydrogen-bond acceptors (Lipinski definition) is 3. The van der Waals surface area contributed by atoms with E-state index in [9.17, 15) is 9.59 Å². The predicted molar refractivity (Wildman–Crippen MR) is 62.0 cm³/mol. The van der Waals surface area contributed by atoms with Crippen LogP contribution < -0.4 is 5.32 Å². The third kappa shape index (κ3) is 2.10. The minimum atomic E-state index is -0.305. The Morgan fingerprint density at radius 1 is 1.41 bits per heavy atom. The topological polar surface area (TPSA) is 68.9 Å². The highest BCUT2D eigenvalue weighted by molar-refractivity contribution is 6.02. The first-order valence-corrected chi connectivity index (χ1v) is 5.02. The summed E-state index contributed by atoms with van der Waals surface area (Å²) in [6, 6.07) is 1.60. The fourth-order valence-electron chi connectivity index (χ4n) is 1.54. The van der Waals surface area contributed by atoms with Crippen molar-refractivity contribution in [3.05, 3.63) is 36.2 Å². The number of nitrogens with one attached hydrogen (secondary N) is 1. The molecule has 6 nitrogen and oxygen atoms in total. The molecule has 0 unspecified atom stereocenters. The van der Waals surface area contributed by atoms with E-state index in [1.807, 2.05) is 0 Å². The summed E-state index contributed by atoms with van der Waals surface area (Å²) in [5.41, 5.74) is 1.07. The molecule has 0 saturated carbocycles. The number of aryl methyl sites for hydroxylation is 2. The van der Waals surface area contributed by atoms with Crippen molar-refractivity contribution in [1.29, 1.82) is 0 Å². The molecule has 0 fully saturated rings. The second-order valence-electron chi connectivity index (χ2n) is 3.70. The standard InChI is InChI=1S/C11H12N4O2/c1-14-4-3-12-10(14)11(17)13-8-5-9(7-16)15(2)6-8/h3-7H,1-2H3,(H,13,17). The summed E-state index contributed by atoms with van der Waals surface area (Å²) >= 11 is 0. The number of nitrogens with zero attached hydrogens (tertiary/aromatic N) is 3. The Morgan fingerprint density at radius 2 is 2.18 bits per heavy atom. The molecule has 0 aliphatic heterocycles. The Balaban J connectivity index is 2.18. The molecule has 2 rings (SSSR count).